The Morgan fingerprint density at radius 2 is 1.94 bits per heavy atom. The molecule has 4 heteroatoms. The van der Waals surface area contributed by atoms with Crippen molar-refractivity contribution in [1.82, 2.24) is 0 Å². The van der Waals surface area contributed by atoms with Gasteiger partial charge in [0.15, 0.2) is 0 Å². The second-order valence-corrected chi connectivity index (χ2v) is 4.89. The summed E-state index contributed by atoms with van der Waals surface area (Å²) in [7, 11) is 0. The molecule has 1 aromatic carbocycles. The van der Waals surface area contributed by atoms with Crippen LogP contribution >= 0.6 is 15.9 Å². The van der Waals surface area contributed by atoms with Crippen molar-refractivity contribution < 1.29 is 14.3 Å². The molecule has 0 aliphatic rings. The standard InChI is InChI=1S/C13H15BrO3/c1-4-17-13(16)12(15)10-5-9(8(2)3)6-11(14)7-10/h5-8H,4H2,1-3H3. The third-order valence-electron chi connectivity index (χ3n) is 2.31. The first kappa shape index (κ1) is 13.9. The van der Waals surface area contributed by atoms with Gasteiger partial charge in [0.2, 0.25) is 0 Å². The van der Waals surface area contributed by atoms with Crippen molar-refractivity contribution in [3.05, 3.63) is 33.8 Å². The molecule has 0 aromatic heterocycles. The molecule has 1 rings (SSSR count). The molecule has 0 atom stereocenters. The molecule has 0 heterocycles. The molecule has 0 aliphatic heterocycles. The van der Waals surface area contributed by atoms with Gasteiger partial charge in [-0.15, -0.1) is 0 Å². The van der Waals surface area contributed by atoms with E-state index < -0.39 is 11.8 Å². The van der Waals surface area contributed by atoms with Gasteiger partial charge in [-0.3, -0.25) is 4.79 Å². The van der Waals surface area contributed by atoms with E-state index in [4.69, 9.17) is 4.74 Å². The summed E-state index contributed by atoms with van der Waals surface area (Å²) < 4.78 is 5.48. The average molecular weight is 299 g/mol. The Morgan fingerprint density at radius 1 is 1.29 bits per heavy atom. The Balaban J connectivity index is 3.05. The highest BCUT2D eigenvalue weighted by molar-refractivity contribution is 9.10. The lowest BCUT2D eigenvalue weighted by molar-refractivity contribution is -0.137. The fourth-order valence-electron chi connectivity index (χ4n) is 1.39. The molecule has 0 spiro atoms. The maximum Gasteiger partial charge on any atom is 0.379 e. The normalized spacial score (nSPS) is 10.4. The summed E-state index contributed by atoms with van der Waals surface area (Å²) in [5.74, 6) is -1.11. The highest BCUT2D eigenvalue weighted by Crippen LogP contribution is 2.22. The van der Waals surface area contributed by atoms with E-state index in [0.717, 1.165) is 10.0 Å². The van der Waals surface area contributed by atoms with Crippen LogP contribution in [0.15, 0.2) is 22.7 Å². The summed E-state index contributed by atoms with van der Waals surface area (Å²) >= 11 is 3.33. The van der Waals surface area contributed by atoms with Gasteiger partial charge in [0.1, 0.15) is 0 Å². The lowest BCUT2D eigenvalue weighted by atomic mass is 9.99. The summed E-state index contributed by atoms with van der Waals surface area (Å²) in [5.41, 5.74) is 1.37. The average Bonchev–Trinajstić information content (AvgIpc) is 2.27. The number of rotatable bonds is 4. The fraction of sp³-hybridized carbons (Fsp3) is 0.385. The van der Waals surface area contributed by atoms with E-state index in [1.807, 2.05) is 19.9 Å². The van der Waals surface area contributed by atoms with Crippen LogP contribution in [-0.4, -0.2) is 18.4 Å². The van der Waals surface area contributed by atoms with Crippen LogP contribution in [0.25, 0.3) is 0 Å². The molecule has 0 aliphatic carbocycles. The summed E-state index contributed by atoms with van der Waals surface area (Å²) in [6.07, 6.45) is 0. The minimum atomic E-state index is -0.805. The van der Waals surface area contributed by atoms with E-state index in [2.05, 4.69) is 15.9 Å². The Kier molecular flexibility index (Phi) is 4.87. The first-order valence-corrected chi connectivity index (χ1v) is 6.27. The lowest BCUT2D eigenvalue weighted by Gasteiger charge is -2.08. The number of benzene rings is 1. The zero-order chi connectivity index (χ0) is 13.0. The predicted octanol–water partition coefficient (Wildman–Crippen LogP) is 3.32. The smallest absolute Gasteiger partial charge is 0.379 e. The van der Waals surface area contributed by atoms with Gasteiger partial charge in [0, 0.05) is 10.0 Å². The van der Waals surface area contributed by atoms with E-state index in [1.165, 1.54) is 0 Å². The van der Waals surface area contributed by atoms with Crippen LogP contribution in [0.5, 0.6) is 0 Å². The summed E-state index contributed by atoms with van der Waals surface area (Å²) in [6, 6.07) is 5.30. The molecular formula is C13H15BrO3. The second kappa shape index (κ2) is 5.96. The van der Waals surface area contributed by atoms with Crippen LogP contribution in [0.2, 0.25) is 0 Å². The zero-order valence-corrected chi connectivity index (χ0v) is 11.7. The summed E-state index contributed by atoms with van der Waals surface area (Å²) in [4.78, 5) is 23.1. The Labute approximate surface area is 109 Å². The quantitative estimate of drug-likeness (QED) is 0.486. The fourth-order valence-corrected chi connectivity index (χ4v) is 1.90. The molecule has 17 heavy (non-hydrogen) atoms. The lowest BCUT2D eigenvalue weighted by Crippen LogP contribution is -2.17. The molecule has 3 nitrogen and oxygen atoms in total. The van der Waals surface area contributed by atoms with E-state index in [-0.39, 0.29) is 6.61 Å². The Hall–Kier alpha value is -1.16. The second-order valence-electron chi connectivity index (χ2n) is 3.98. The number of ketones is 1. The van der Waals surface area contributed by atoms with Crippen molar-refractivity contribution in [2.75, 3.05) is 6.61 Å². The van der Waals surface area contributed by atoms with Crippen LogP contribution in [0.4, 0.5) is 0 Å². The van der Waals surface area contributed by atoms with E-state index in [1.54, 1.807) is 19.1 Å². The maximum atomic E-state index is 11.8. The van der Waals surface area contributed by atoms with Crippen molar-refractivity contribution >= 4 is 27.7 Å². The number of carbonyl (C=O) groups is 2. The number of esters is 1. The SMILES string of the molecule is CCOC(=O)C(=O)c1cc(Br)cc(C(C)C)c1. The van der Waals surface area contributed by atoms with Gasteiger partial charge in [0.25, 0.3) is 5.78 Å². The number of Topliss-reactive ketones (excluding diaryl/α,β-unsaturated/α-hetero) is 1. The Morgan fingerprint density at radius 3 is 2.47 bits per heavy atom. The Bertz CT molecular complexity index is 438. The minimum Gasteiger partial charge on any atom is -0.460 e. The molecule has 92 valence electrons. The molecule has 1 aromatic rings. The van der Waals surface area contributed by atoms with Crippen LogP contribution in [0.3, 0.4) is 0 Å². The largest absolute Gasteiger partial charge is 0.460 e. The van der Waals surface area contributed by atoms with Crippen molar-refractivity contribution in [3.63, 3.8) is 0 Å². The maximum absolute atomic E-state index is 11.8. The summed E-state index contributed by atoms with van der Waals surface area (Å²) in [5, 5.41) is 0. The van der Waals surface area contributed by atoms with Gasteiger partial charge in [-0.1, -0.05) is 29.8 Å². The third kappa shape index (κ3) is 3.66. The molecule has 0 bridgehead atoms. The number of ether oxygens (including phenoxy) is 1. The van der Waals surface area contributed by atoms with E-state index >= 15 is 0 Å². The van der Waals surface area contributed by atoms with E-state index in [9.17, 15) is 9.59 Å². The van der Waals surface area contributed by atoms with Crippen LogP contribution in [-0.2, 0) is 9.53 Å². The van der Waals surface area contributed by atoms with Gasteiger partial charge in [-0.25, -0.2) is 4.79 Å². The van der Waals surface area contributed by atoms with Crippen molar-refractivity contribution in [1.29, 1.82) is 0 Å². The van der Waals surface area contributed by atoms with Gasteiger partial charge in [-0.2, -0.15) is 0 Å². The monoisotopic (exact) mass is 298 g/mol. The first-order valence-electron chi connectivity index (χ1n) is 5.47. The predicted molar refractivity (Wildman–Crippen MR) is 69.2 cm³/mol. The van der Waals surface area contributed by atoms with Gasteiger partial charge in [-0.05, 0) is 36.6 Å². The minimum absolute atomic E-state index is 0.204. The zero-order valence-electron chi connectivity index (χ0n) is 10.1. The van der Waals surface area contributed by atoms with Crippen molar-refractivity contribution in [3.8, 4) is 0 Å². The van der Waals surface area contributed by atoms with Gasteiger partial charge in [0.05, 0.1) is 6.61 Å². The van der Waals surface area contributed by atoms with Gasteiger partial charge >= 0.3 is 5.97 Å². The van der Waals surface area contributed by atoms with Crippen molar-refractivity contribution in [2.45, 2.75) is 26.7 Å². The van der Waals surface area contributed by atoms with Crippen LogP contribution in [0.1, 0.15) is 42.6 Å². The third-order valence-corrected chi connectivity index (χ3v) is 2.77. The summed E-state index contributed by atoms with van der Waals surface area (Å²) in [6.45, 7) is 5.93. The number of halogens is 1. The van der Waals surface area contributed by atoms with Crippen LogP contribution < -0.4 is 0 Å². The first-order chi connectivity index (χ1) is 7.95. The van der Waals surface area contributed by atoms with E-state index in [0.29, 0.717) is 11.5 Å². The van der Waals surface area contributed by atoms with Gasteiger partial charge < -0.3 is 4.74 Å². The number of hydrogen-bond donors (Lipinski definition) is 0. The molecule has 0 N–H and O–H groups in total. The molecule has 0 amide bonds. The van der Waals surface area contributed by atoms with Crippen molar-refractivity contribution in [2.24, 2.45) is 0 Å². The molecule has 0 saturated carbocycles. The number of hydrogen-bond acceptors (Lipinski definition) is 3. The number of carbonyl (C=O) groups excluding carboxylic acids is 2. The highest BCUT2D eigenvalue weighted by Gasteiger charge is 2.18. The molecule has 0 unspecified atom stereocenters. The highest BCUT2D eigenvalue weighted by atomic mass is 79.9. The molecule has 0 fully saturated rings. The van der Waals surface area contributed by atoms with Crippen LogP contribution in [0, 0.1) is 0 Å². The molecular weight excluding hydrogens is 284 g/mol. The topological polar surface area (TPSA) is 43.4 Å². The molecule has 0 radical (unpaired) electrons. The molecule has 0 saturated heterocycles.